The standard InChI is InChI=1S/C15H26N2O/c18-15(13-8-4-10-16-13)17-11-5-9-14(17)12-6-2-1-3-7-12/h12-14,16H,1-11H2/t13-,14+/m1/s1. The molecule has 3 nitrogen and oxygen atoms in total. The molecule has 1 amide bonds. The highest BCUT2D eigenvalue weighted by Crippen LogP contribution is 2.34. The summed E-state index contributed by atoms with van der Waals surface area (Å²) < 4.78 is 0. The van der Waals surface area contributed by atoms with E-state index in [2.05, 4.69) is 10.2 Å². The van der Waals surface area contributed by atoms with Crippen LogP contribution in [0.25, 0.3) is 0 Å². The minimum Gasteiger partial charge on any atom is -0.338 e. The van der Waals surface area contributed by atoms with Crippen LogP contribution in [-0.4, -0.2) is 36.0 Å². The molecule has 0 aromatic rings. The fourth-order valence-corrected chi connectivity index (χ4v) is 4.17. The molecular formula is C15H26N2O. The normalized spacial score (nSPS) is 34.1. The third-order valence-electron chi connectivity index (χ3n) is 5.13. The van der Waals surface area contributed by atoms with Crippen molar-refractivity contribution in [2.24, 2.45) is 5.92 Å². The molecule has 0 spiro atoms. The zero-order valence-corrected chi connectivity index (χ0v) is 11.4. The Balaban J connectivity index is 1.64. The number of nitrogens with zero attached hydrogens (tertiary/aromatic N) is 1. The summed E-state index contributed by atoms with van der Waals surface area (Å²) in [6.45, 7) is 2.04. The minimum absolute atomic E-state index is 0.134. The van der Waals surface area contributed by atoms with E-state index >= 15 is 0 Å². The smallest absolute Gasteiger partial charge is 0.239 e. The second-order valence-corrected chi connectivity index (χ2v) is 6.29. The lowest BCUT2D eigenvalue weighted by atomic mass is 9.83. The van der Waals surface area contributed by atoms with Crippen LogP contribution in [0.15, 0.2) is 0 Å². The van der Waals surface area contributed by atoms with Crippen LogP contribution in [-0.2, 0) is 4.79 Å². The van der Waals surface area contributed by atoms with Gasteiger partial charge in [0.1, 0.15) is 0 Å². The van der Waals surface area contributed by atoms with E-state index in [0.717, 1.165) is 25.4 Å². The second-order valence-electron chi connectivity index (χ2n) is 6.29. The van der Waals surface area contributed by atoms with Crippen LogP contribution < -0.4 is 5.32 Å². The predicted octanol–water partition coefficient (Wildman–Crippen LogP) is 2.31. The van der Waals surface area contributed by atoms with Gasteiger partial charge in [-0.2, -0.15) is 0 Å². The van der Waals surface area contributed by atoms with Crippen molar-refractivity contribution < 1.29 is 4.79 Å². The van der Waals surface area contributed by atoms with E-state index in [-0.39, 0.29) is 6.04 Å². The molecule has 3 aliphatic rings. The fourth-order valence-electron chi connectivity index (χ4n) is 4.17. The van der Waals surface area contributed by atoms with Crippen LogP contribution in [0.4, 0.5) is 0 Å². The number of hydrogen-bond acceptors (Lipinski definition) is 2. The Morgan fingerprint density at radius 1 is 0.944 bits per heavy atom. The Morgan fingerprint density at radius 3 is 2.50 bits per heavy atom. The summed E-state index contributed by atoms with van der Waals surface area (Å²) in [7, 11) is 0. The first-order valence-electron chi connectivity index (χ1n) is 7.90. The van der Waals surface area contributed by atoms with Gasteiger partial charge < -0.3 is 10.2 Å². The number of rotatable bonds is 2. The van der Waals surface area contributed by atoms with E-state index in [1.807, 2.05) is 0 Å². The Morgan fingerprint density at radius 2 is 1.78 bits per heavy atom. The molecule has 1 saturated carbocycles. The van der Waals surface area contributed by atoms with Crippen molar-refractivity contribution in [2.45, 2.75) is 69.9 Å². The molecule has 0 bridgehead atoms. The van der Waals surface area contributed by atoms with E-state index in [4.69, 9.17) is 0 Å². The van der Waals surface area contributed by atoms with Crippen LogP contribution in [0.2, 0.25) is 0 Å². The molecule has 2 atom stereocenters. The zero-order valence-electron chi connectivity index (χ0n) is 11.4. The quantitative estimate of drug-likeness (QED) is 0.815. The van der Waals surface area contributed by atoms with Gasteiger partial charge in [0, 0.05) is 12.6 Å². The van der Waals surface area contributed by atoms with Gasteiger partial charge in [0.05, 0.1) is 6.04 Å². The maximum absolute atomic E-state index is 12.6. The van der Waals surface area contributed by atoms with Gasteiger partial charge in [-0.15, -0.1) is 0 Å². The molecule has 0 aromatic heterocycles. The number of amides is 1. The SMILES string of the molecule is O=C([C@H]1CCCN1)N1CCC[C@H]1C1CCCCC1. The summed E-state index contributed by atoms with van der Waals surface area (Å²) in [5.74, 6) is 1.20. The monoisotopic (exact) mass is 250 g/mol. The maximum Gasteiger partial charge on any atom is 0.239 e. The molecule has 102 valence electrons. The van der Waals surface area contributed by atoms with Gasteiger partial charge >= 0.3 is 0 Å². The average Bonchev–Trinajstić information content (AvgIpc) is 3.10. The van der Waals surface area contributed by atoms with Gasteiger partial charge in [-0.25, -0.2) is 0 Å². The number of nitrogens with one attached hydrogen (secondary N) is 1. The molecule has 2 aliphatic heterocycles. The van der Waals surface area contributed by atoms with Gasteiger partial charge in [0.15, 0.2) is 0 Å². The van der Waals surface area contributed by atoms with Crippen molar-refractivity contribution in [3.05, 3.63) is 0 Å². The third kappa shape index (κ3) is 2.42. The van der Waals surface area contributed by atoms with E-state index in [0.29, 0.717) is 11.9 Å². The molecule has 2 saturated heterocycles. The lowest BCUT2D eigenvalue weighted by Gasteiger charge is -2.35. The highest BCUT2D eigenvalue weighted by atomic mass is 16.2. The van der Waals surface area contributed by atoms with E-state index in [1.165, 1.54) is 51.4 Å². The Labute approximate surface area is 110 Å². The van der Waals surface area contributed by atoms with Crippen LogP contribution >= 0.6 is 0 Å². The Hall–Kier alpha value is -0.570. The summed E-state index contributed by atoms with van der Waals surface area (Å²) in [4.78, 5) is 14.8. The first-order chi connectivity index (χ1) is 8.86. The van der Waals surface area contributed by atoms with Gasteiger partial charge in [-0.05, 0) is 51.0 Å². The lowest BCUT2D eigenvalue weighted by Crippen LogP contribution is -2.48. The molecule has 0 aromatic carbocycles. The summed E-state index contributed by atoms with van der Waals surface area (Å²) in [5, 5.41) is 3.37. The fraction of sp³-hybridized carbons (Fsp3) is 0.933. The van der Waals surface area contributed by atoms with Crippen molar-refractivity contribution in [1.82, 2.24) is 10.2 Å². The average molecular weight is 250 g/mol. The lowest BCUT2D eigenvalue weighted by molar-refractivity contribution is -0.135. The first kappa shape index (κ1) is 12.5. The van der Waals surface area contributed by atoms with Crippen LogP contribution in [0.1, 0.15) is 57.8 Å². The highest BCUT2D eigenvalue weighted by Gasteiger charge is 2.38. The molecule has 0 unspecified atom stereocenters. The third-order valence-corrected chi connectivity index (χ3v) is 5.13. The van der Waals surface area contributed by atoms with Crippen molar-refractivity contribution >= 4 is 5.91 Å². The van der Waals surface area contributed by atoms with Crippen molar-refractivity contribution in [1.29, 1.82) is 0 Å². The van der Waals surface area contributed by atoms with Gasteiger partial charge in [-0.1, -0.05) is 19.3 Å². The first-order valence-corrected chi connectivity index (χ1v) is 7.90. The molecule has 18 heavy (non-hydrogen) atoms. The van der Waals surface area contributed by atoms with Gasteiger partial charge in [-0.3, -0.25) is 4.79 Å². The summed E-state index contributed by atoms with van der Waals surface area (Å²) in [6, 6.07) is 0.703. The van der Waals surface area contributed by atoms with Crippen LogP contribution in [0.3, 0.4) is 0 Å². The largest absolute Gasteiger partial charge is 0.338 e. The molecule has 0 radical (unpaired) electrons. The Bertz CT molecular complexity index is 293. The molecule has 1 aliphatic carbocycles. The number of hydrogen-bond donors (Lipinski definition) is 1. The Kier molecular flexibility index (Phi) is 3.88. The predicted molar refractivity (Wildman–Crippen MR) is 72.3 cm³/mol. The molecule has 3 rings (SSSR count). The van der Waals surface area contributed by atoms with E-state index in [9.17, 15) is 4.79 Å². The number of likely N-dealkylation sites (tertiary alicyclic amines) is 1. The summed E-state index contributed by atoms with van der Waals surface area (Å²) in [5.41, 5.74) is 0. The topological polar surface area (TPSA) is 32.3 Å². The number of carbonyl (C=O) groups is 1. The number of carbonyl (C=O) groups excluding carboxylic acids is 1. The van der Waals surface area contributed by atoms with Crippen LogP contribution in [0.5, 0.6) is 0 Å². The van der Waals surface area contributed by atoms with Crippen LogP contribution in [0, 0.1) is 5.92 Å². The van der Waals surface area contributed by atoms with E-state index < -0.39 is 0 Å². The zero-order chi connectivity index (χ0) is 12.4. The second kappa shape index (κ2) is 5.60. The maximum atomic E-state index is 12.6. The van der Waals surface area contributed by atoms with Crippen molar-refractivity contribution in [2.75, 3.05) is 13.1 Å². The molecule has 2 heterocycles. The molecular weight excluding hydrogens is 224 g/mol. The van der Waals surface area contributed by atoms with Gasteiger partial charge in [0.25, 0.3) is 0 Å². The molecule has 3 heteroatoms. The van der Waals surface area contributed by atoms with Crippen molar-refractivity contribution in [3.8, 4) is 0 Å². The molecule has 3 fully saturated rings. The van der Waals surface area contributed by atoms with Crippen molar-refractivity contribution in [3.63, 3.8) is 0 Å². The highest BCUT2D eigenvalue weighted by molar-refractivity contribution is 5.82. The minimum atomic E-state index is 0.134. The van der Waals surface area contributed by atoms with Gasteiger partial charge in [0.2, 0.25) is 5.91 Å². The summed E-state index contributed by atoms with van der Waals surface area (Å²) >= 11 is 0. The molecule has 1 N–H and O–H groups in total. The summed E-state index contributed by atoms with van der Waals surface area (Å²) in [6.07, 6.45) is 11.6. The van der Waals surface area contributed by atoms with E-state index in [1.54, 1.807) is 0 Å².